The lowest BCUT2D eigenvalue weighted by Crippen LogP contribution is -2.26. The second-order valence-corrected chi connectivity index (χ2v) is 5.27. The molecule has 2 bridgehead atoms. The summed E-state index contributed by atoms with van der Waals surface area (Å²) in [5.74, 6) is 0.587. The van der Waals surface area contributed by atoms with Gasteiger partial charge in [0.15, 0.2) is 0 Å². The highest BCUT2D eigenvalue weighted by atomic mass is 15.2. The second-order valence-electron chi connectivity index (χ2n) is 5.27. The standard InChI is InChI=1S/C13H16N2/c1-13(2)11-8-10(12(13)15-14-11)9-6-4-3-5-7-9/h3-7,10-12H,8H2,1-2H3. The minimum atomic E-state index is 0.264. The number of benzene rings is 1. The summed E-state index contributed by atoms with van der Waals surface area (Å²) in [6.45, 7) is 4.59. The molecular formula is C13H16N2. The van der Waals surface area contributed by atoms with Crippen molar-refractivity contribution >= 4 is 0 Å². The van der Waals surface area contributed by atoms with Crippen LogP contribution in [0.4, 0.5) is 0 Å². The first kappa shape index (κ1) is 9.08. The van der Waals surface area contributed by atoms with E-state index < -0.39 is 0 Å². The molecule has 2 heteroatoms. The van der Waals surface area contributed by atoms with E-state index in [4.69, 9.17) is 0 Å². The van der Waals surface area contributed by atoms with Crippen LogP contribution in [0.3, 0.4) is 0 Å². The van der Waals surface area contributed by atoms with Gasteiger partial charge in [-0.25, -0.2) is 0 Å². The van der Waals surface area contributed by atoms with Gasteiger partial charge in [0.05, 0.1) is 12.1 Å². The molecule has 1 saturated carbocycles. The SMILES string of the molecule is CC1(C)C2CC(c3ccccc3)C1N=N2. The molecule has 3 unspecified atom stereocenters. The van der Waals surface area contributed by atoms with Crippen LogP contribution in [0.1, 0.15) is 31.7 Å². The lowest BCUT2D eigenvalue weighted by Gasteiger charge is -2.22. The number of hydrogen-bond acceptors (Lipinski definition) is 2. The normalized spacial score (nSPS) is 36.0. The van der Waals surface area contributed by atoms with Crippen molar-refractivity contribution in [1.29, 1.82) is 0 Å². The molecule has 2 aliphatic rings. The summed E-state index contributed by atoms with van der Waals surface area (Å²) in [6.07, 6.45) is 1.17. The van der Waals surface area contributed by atoms with Crippen LogP contribution in [-0.2, 0) is 0 Å². The van der Waals surface area contributed by atoms with Gasteiger partial charge in [-0.15, -0.1) is 0 Å². The molecule has 1 aliphatic heterocycles. The molecule has 0 amide bonds. The van der Waals surface area contributed by atoms with Crippen LogP contribution >= 0.6 is 0 Å². The van der Waals surface area contributed by atoms with Crippen molar-refractivity contribution in [1.82, 2.24) is 0 Å². The smallest absolute Gasteiger partial charge is 0.0849 e. The van der Waals surface area contributed by atoms with Gasteiger partial charge in [-0.3, -0.25) is 0 Å². The third-order valence-electron chi connectivity index (χ3n) is 4.04. The van der Waals surface area contributed by atoms with Gasteiger partial charge in [-0.1, -0.05) is 44.2 Å². The van der Waals surface area contributed by atoms with Crippen molar-refractivity contribution in [2.24, 2.45) is 15.6 Å². The summed E-state index contributed by atoms with van der Waals surface area (Å²) in [6, 6.07) is 11.6. The molecule has 0 aromatic heterocycles. The Morgan fingerprint density at radius 2 is 1.87 bits per heavy atom. The Hall–Kier alpha value is -1.18. The fraction of sp³-hybridized carbons (Fsp3) is 0.538. The molecule has 78 valence electrons. The van der Waals surface area contributed by atoms with E-state index in [1.54, 1.807) is 0 Å². The zero-order chi connectivity index (χ0) is 10.5. The molecule has 1 aliphatic carbocycles. The van der Waals surface area contributed by atoms with Crippen molar-refractivity contribution in [2.75, 3.05) is 0 Å². The minimum absolute atomic E-state index is 0.264. The summed E-state index contributed by atoms with van der Waals surface area (Å²) in [5, 5.41) is 8.80. The number of hydrogen-bond donors (Lipinski definition) is 0. The van der Waals surface area contributed by atoms with Crippen molar-refractivity contribution in [2.45, 2.75) is 38.3 Å². The molecule has 15 heavy (non-hydrogen) atoms. The summed E-state index contributed by atoms with van der Waals surface area (Å²) < 4.78 is 0. The van der Waals surface area contributed by atoms with Crippen molar-refractivity contribution in [3.05, 3.63) is 35.9 Å². The van der Waals surface area contributed by atoms with Crippen LogP contribution in [0.2, 0.25) is 0 Å². The predicted molar refractivity (Wildman–Crippen MR) is 60.0 cm³/mol. The summed E-state index contributed by atoms with van der Waals surface area (Å²) in [5.41, 5.74) is 1.69. The second kappa shape index (κ2) is 2.91. The summed E-state index contributed by atoms with van der Waals surface area (Å²) in [4.78, 5) is 0. The largest absolute Gasteiger partial charge is 0.190 e. The van der Waals surface area contributed by atoms with E-state index in [2.05, 4.69) is 54.4 Å². The molecule has 0 spiro atoms. The van der Waals surface area contributed by atoms with Gasteiger partial charge in [0.2, 0.25) is 0 Å². The Kier molecular flexibility index (Phi) is 1.76. The van der Waals surface area contributed by atoms with Crippen molar-refractivity contribution in [3.8, 4) is 0 Å². The first-order valence-corrected chi connectivity index (χ1v) is 5.64. The van der Waals surface area contributed by atoms with Crippen LogP contribution in [0.25, 0.3) is 0 Å². The maximum absolute atomic E-state index is 4.44. The summed E-state index contributed by atoms with van der Waals surface area (Å²) >= 11 is 0. The average molecular weight is 200 g/mol. The molecule has 1 aromatic carbocycles. The Labute approximate surface area is 90.4 Å². The molecule has 0 N–H and O–H groups in total. The van der Waals surface area contributed by atoms with E-state index in [0.29, 0.717) is 18.0 Å². The third kappa shape index (κ3) is 1.17. The number of fused-ring (bicyclic) bond motifs is 2. The number of rotatable bonds is 1. The molecule has 1 fully saturated rings. The molecule has 0 radical (unpaired) electrons. The van der Waals surface area contributed by atoms with E-state index >= 15 is 0 Å². The van der Waals surface area contributed by atoms with Crippen LogP contribution < -0.4 is 0 Å². The van der Waals surface area contributed by atoms with E-state index in [9.17, 15) is 0 Å². The van der Waals surface area contributed by atoms with Gasteiger partial charge in [0.25, 0.3) is 0 Å². The molecule has 1 aromatic rings. The lowest BCUT2D eigenvalue weighted by atomic mass is 9.83. The highest BCUT2D eigenvalue weighted by molar-refractivity contribution is 5.27. The highest BCUT2D eigenvalue weighted by Gasteiger charge is 2.53. The van der Waals surface area contributed by atoms with Gasteiger partial charge in [0, 0.05) is 11.3 Å². The Balaban J connectivity index is 1.96. The maximum atomic E-state index is 4.44. The number of nitrogens with zero attached hydrogens (tertiary/aromatic N) is 2. The third-order valence-corrected chi connectivity index (χ3v) is 4.04. The summed E-state index contributed by atoms with van der Waals surface area (Å²) in [7, 11) is 0. The molecule has 0 saturated heterocycles. The predicted octanol–water partition coefficient (Wildman–Crippen LogP) is 3.40. The zero-order valence-corrected chi connectivity index (χ0v) is 9.22. The van der Waals surface area contributed by atoms with Crippen LogP contribution in [0, 0.1) is 5.41 Å². The van der Waals surface area contributed by atoms with Crippen LogP contribution in [-0.4, -0.2) is 12.1 Å². The van der Waals surface area contributed by atoms with Crippen molar-refractivity contribution in [3.63, 3.8) is 0 Å². The molecule has 3 rings (SSSR count). The maximum Gasteiger partial charge on any atom is 0.0849 e. The zero-order valence-electron chi connectivity index (χ0n) is 9.22. The van der Waals surface area contributed by atoms with E-state index in [-0.39, 0.29) is 5.41 Å². The van der Waals surface area contributed by atoms with Gasteiger partial charge in [-0.2, -0.15) is 10.2 Å². The Bertz CT molecular complexity index is 394. The van der Waals surface area contributed by atoms with Gasteiger partial charge in [0.1, 0.15) is 0 Å². The molecule has 3 atom stereocenters. The monoisotopic (exact) mass is 200 g/mol. The molecular weight excluding hydrogens is 184 g/mol. The first-order valence-electron chi connectivity index (χ1n) is 5.64. The van der Waals surface area contributed by atoms with Crippen LogP contribution in [0.5, 0.6) is 0 Å². The Morgan fingerprint density at radius 3 is 2.40 bits per heavy atom. The number of azo groups is 1. The van der Waals surface area contributed by atoms with E-state index in [1.165, 1.54) is 12.0 Å². The quantitative estimate of drug-likeness (QED) is 0.663. The average Bonchev–Trinajstić information content (AvgIpc) is 2.69. The van der Waals surface area contributed by atoms with Gasteiger partial charge >= 0.3 is 0 Å². The minimum Gasteiger partial charge on any atom is -0.190 e. The lowest BCUT2D eigenvalue weighted by molar-refractivity contribution is 0.337. The van der Waals surface area contributed by atoms with Gasteiger partial charge in [-0.05, 0) is 12.0 Å². The fourth-order valence-electron chi connectivity index (χ4n) is 2.98. The highest BCUT2D eigenvalue weighted by Crippen LogP contribution is 2.53. The molecule has 1 heterocycles. The van der Waals surface area contributed by atoms with Crippen molar-refractivity contribution < 1.29 is 0 Å². The van der Waals surface area contributed by atoms with Gasteiger partial charge < -0.3 is 0 Å². The fourth-order valence-corrected chi connectivity index (χ4v) is 2.98. The van der Waals surface area contributed by atoms with E-state index in [1.807, 2.05) is 0 Å². The van der Waals surface area contributed by atoms with Crippen LogP contribution in [0.15, 0.2) is 40.6 Å². The van der Waals surface area contributed by atoms with E-state index in [0.717, 1.165) is 0 Å². The topological polar surface area (TPSA) is 24.7 Å². The first-order chi connectivity index (χ1) is 7.19. The Morgan fingerprint density at radius 1 is 1.13 bits per heavy atom. The molecule has 2 nitrogen and oxygen atoms in total.